The van der Waals surface area contributed by atoms with Gasteiger partial charge in [0.25, 0.3) is 0 Å². The van der Waals surface area contributed by atoms with E-state index in [2.05, 4.69) is 0 Å². The highest BCUT2D eigenvalue weighted by atomic mass is 16.5. The second-order valence-corrected chi connectivity index (χ2v) is 6.61. The molecule has 0 aromatic heterocycles. The predicted octanol–water partition coefficient (Wildman–Crippen LogP) is 2.39. The largest absolute Gasteiger partial charge is 0.387 e. The van der Waals surface area contributed by atoms with Gasteiger partial charge in [0.15, 0.2) is 0 Å². The Labute approximate surface area is 137 Å². The summed E-state index contributed by atoms with van der Waals surface area (Å²) < 4.78 is 0. The molecule has 1 aliphatic carbocycles. The monoisotopic (exact) mass is 324 g/mol. The Kier molecular flexibility index (Phi) is 2.74. The Hall–Kier alpha value is -2.24. The first kappa shape index (κ1) is 14.1. The van der Waals surface area contributed by atoms with Gasteiger partial charge < -0.3 is 20.4 Å². The second kappa shape index (κ2) is 4.65. The first-order valence-electron chi connectivity index (χ1n) is 8.00. The molecule has 24 heavy (non-hydrogen) atoms. The summed E-state index contributed by atoms with van der Waals surface area (Å²) in [6, 6.07) is 15.8. The first-order chi connectivity index (χ1) is 11.6. The third-order valence-electron chi connectivity index (χ3n) is 5.33. The summed E-state index contributed by atoms with van der Waals surface area (Å²) in [5, 5.41) is 47.1. The molecule has 0 saturated carbocycles. The van der Waals surface area contributed by atoms with Crippen molar-refractivity contribution in [3.05, 3.63) is 59.7 Å². The van der Waals surface area contributed by atoms with E-state index in [1.165, 1.54) is 0 Å². The molecule has 0 saturated heterocycles. The van der Waals surface area contributed by atoms with Gasteiger partial charge in [-0.05, 0) is 49.5 Å². The van der Waals surface area contributed by atoms with Crippen molar-refractivity contribution >= 4 is 32.3 Å². The van der Waals surface area contributed by atoms with Gasteiger partial charge in [0.2, 0.25) is 0 Å². The van der Waals surface area contributed by atoms with Crippen LogP contribution in [0.1, 0.15) is 23.3 Å². The normalized spacial score (nSPS) is 27.2. The minimum atomic E-state index is -1.41. The van der Waals surface area contributed by atoms with E-state index in [1.54, 1.807) is 0 Å². The lowest BCUT2D eigenvalue weighted by Gasteiger charge is -2.35. The molecule has 0 amide bonds. The van der Waals surface area contributed by atoms with Crippen molar-refractivity contribution in [3.8, 4) is 0 Å². The van der Waals surface area contributed by atoms with E-state index in [1.807, 2.05) is 48.5 Å². The van der Waals surface area contributed by atoms with Crippen LogP contribution in [0.5, 0.6) is 0 Å². The van der Waals surface area contributed by atoms with Gasteiger partial charge in [-0.2, -0.15) is 0 Å². The molecule has 0 aliphatic heterocycles. The van der Waals surface area contributed by atoms with Crippen LogP contribution in [-0.4, -0.2) is 32.6 Å². The molecule has 0 spiro atoms. The van der Waals surface area contributed by atoms with Crippen LogP contribution in [0.3, 0.4) is 0 Å². The molecule has 0 heterocycles. The molecule has 4 atom stereocenters. The minimum Gasteiger partial charge on any atom is -0.387 e. The van der Waals surface area contributed by atoms with Crippen molar-refractivity contribution in [2.45, 2.75) is 24.4 Å². The van der Waals surface area contributed by atoms with E-state index in [-0.39, 0.29) is 0 Å². The zero-order valence-electron chi connectivity index (χ0n) is 12.7. The van der Waals surface area contributed by atoms with E-state index in [4.69, 9.17) is 0 Å². The number of aliphatic hydroxyl groups is 4. The number of hydrogen-bond acceptors (Lipinski definition) is 4. The highest BCUT2D eigenvalue weighted by Gasteiger charge is 2.41. The van der Waals surface area contributed by atoms with E-state index in [0.717, 1.165) is 32.3 Å². The highest BCUT2D eigenvalue weighted by Crippen LogP contribution is 2.45. The van der Waals surface area contributed by atoms with Crippen LogP contribution in [0.25, 0.3) is 32.3 Å². The van der Waals surface area contributed by atoms with Crippen LogP contribution in [0.2, 0.25) is 0 Å². The smallest absolute Gasteiger partial charge is 0.113 e. The topological polar surface area (TPSA) is 80.9 Å². The van der Waals surface area contributed by atoms with Crippen molar-refractivity contribution in [1.82, 2.24) is 0 Å². The average molecular weight is 324 g/mol. The van der Waals surface area contributed by atoms with Crippen molar-refractivity contribution < 1.29 is 20.4 Å². The van der Waals surface area contributed by atoms with E-state index in [9.17, 15) is 20.4 Å². The number of benzene rings is 4. The lowest BCUT2D eigenvalue weighted by molar-refractivity contribution is -0.119. The standard InChI is InChI=1S/C20H16O4/c21-17-13-8-11-5-4-9-2-1-3-10-6-7-12(15(11)14(9)10)16(13)18(22)20(24)19(17)23/h1-8,17-24H/t17-,18+,19+,20-/m1/s1/i17+1,18+1,19+1,20+1. The molecule has 0 unspecified atom stereocenters. The molecule has 4 nitrogen and oxygen atoms in total. The Bertz CT molecular complexity index is 1070. The van der Waals surface area contributed by atoms with Crippen molar-refractivity contribution in [2.24, 2.45) is 0 Å². The van der Waals surface area contributed by atoms with E-state index in [0.29, 0.717) is 11.1 Å². The number of aliphatic hydroxyl groups excluding tert-OH is 4. The van der Waals surface area contributed by atoms with E-state index >= 15 is 0 Å². The molecule has 1 aliphatic rings. The lowest BCUT2D eigenvalue weighted by atomic mass is 9.91. The molecule has 4 aromatic carbocycles. The fraction of sp³-hybridized carbons (Fsp3) is 0.200. The lowest BCUT2D eigenvalue weighted by Crippen LogP contribution is -2.41. The minimum absolute atomic E-state index is 0.478. The van der Waals surface area contributed by atoms with Gasteiger partial charge in [-0.25, -0.2) is 0 Å². The van der Waals surface area contributed by atoms with Crippen LogP contribution < -0.4 is 0 Å². The Morgan fingerprint density at radius 2 is 1.25 bits per heavy atom. The molecule has 4 N–H and O–H groups in total. The molecule has 0 radical (unpaired) electrons. The fourth-order valence-corrected chi connectivity index (χ4v) is 4.16. The maximum Gasteiger partial charge on any atom is 0.113 e. The van der Waals surface area contributed by atoms with Crippen molar-refractivity contribution in [3.63, 3.8) is 0 Å². The second-order valence-electron chi connectivity index (χ2n) is 6.61. The number of rotatable bonds is 0. The molecule has 0 fully saturated rings. The zero-order chi connectivity index (χ0) is 16.6. The zero-order valence-corrected chi connectivity index (χ0v) is 12.7. The van der Waals surface area contributed by atoms with Gasteiger partial charge in [-0.1, -0.05) is 42.5 Å². The molecular weight excluding hydrogens is 308 g/mol. The summed E-state index contributed by atoms with van der Waals surface area (Å²) in [6.45, 7) is 0. The molecule has 120 valence electrons. The number of hydrogen-bond donors (Lipinski definition) is 4. The predicted molar refractivity (Wildman–Crippen MR) is 92.1 cm³/mol. The van der Waals surface area contributed by atoms with Gasteiger partial charge in [-0.3, -0.25) is 0 Å². The van der Waals surface area contributed by atoms with E-state index < -0.39 is 24.4 Å². The summed E-state index contributed by atoms with van der Waals surface area (Å²) in [7, 11) is 0. The van der Waals surface area contributed by atoms with Gasteiger partial charge in [0.05, 0.1) is 0 Å². The third-order valence-corrected chi connectivity index (χ3v) is 5.33. The van der Waals surface area contributed by atoms with Gasteiger partial charge in [-0.15, -0.1) is 0 Å². The van der Waals surface area contributed by atoms with Gasteiger partial charge >= 0.3 is 0 Å². The van der Waals surface area contributed by atoms with Crippen LogP contribution in [0, 0.1) is 0 Å². The van der Waals surface area contributed by atoms with Crippen LogP contribution in [-0.2, 0) is 0 Å². The first-order valence-corrected chi connectivity index (χ1v) is 8.00. The summed E-state index contributed by atoms with van der Waals surface area (Å²) in [6.07, 6.45) is -5.27. The van der Waals surface area contributed by atoms with Crippen molar-refractivity contribution in [2.75, 3.05) is 0 Å². The van der Waals surface area contributed by atoms with Gasteiger partial charge in [0, 0.05) is 0 Å². The maximum absolute atomic E-state index is 10.5. The maximum atomic E-state index is 10.5. The van der Waals surface area contributed by atoms with Crippen LogP contribution in [0.15, 0.2) is 48.5 Å². The summed E-state index contributed by atoms with van der Waals surface area (Å²) in [4.78, 5) is 0. The molecule has 0 bridgehead atoms. The quantitative estimate of drug-likeness (QED) is 0.296. The third kappa shape index (κ3) is 1.61. The van der Waals surface area contributed by atoms with Crippen LogP contribution in [0.4, 0.5) is 0 Å². The summed E-state index contributed by atoms with van der Waals surface area (Å²) in [5.74, 6) is 0. The molecular formula is C20H16O4. The molecule has 4 aromatic rings. The SMILES string of the molecule is O[13C@@H]1[13C@H](O)[13C@@H](O)c2c(cc3ccc4cccc5ccc2c3c45)[13C@H]1O. The summed E-state index contributed by atoms with van der Waals surface area (Å²) in [5.41, 5.74) is 0.984. The van der Waals surface area contributed by atoms with Crippen LogP contribution >= 0.6 is 0 Å². The Balaban J connectivity index is 2.01. The molecule has 5 rings (SSSR count). The number of fused-ring (bicyclic) bond motifs is 2. The molecule has 4 heteroatoms. The fourth-order valence-electron chi connectivity index (χ4n) is 4.16. The average Bonchev–Trinajstić information content (AvgIpc) is 2.62. The Morgan fingerprint density at radius 1 is 0.625 bits per heavy atom. The highest BCUT2D eigenvalue weighted by molar-refractivity contribution is 6.23. The Morgan fingerprint density at radius 3 is 2.00 bits per heavy atom. The summed E-state index contributed by atoms with van der Waals surface area (Å²) >= 11 is 0. The van der Waals surface area contributed by atoms with Gasteiger partial charge in [0.1, 0.15) is 24.4 Å². The van der Waals surface area contributed by atoms with Crippen molar-refractivity contribution in [1.29, 1.82) is 0 Å².